The van der Waals surface area contributed by atoms with E-state index in [1.807, 2.05) is 18.2 Å². The van der Waals surface area contributed by atoms with Crippen LogP contribution in [0.25, 0.3) is 0 Å². The minimum Gasteiger partial charge on any atom is -0.493 e. The summed E-state index contributed by atoms with van der Waals surface area (Å²) in [5.74, 6) is 0.908. The summed E-state index contributed by atoms with van der Waals surface area (Å²) in [5, 5.41) is 14.3. The van der Waals surface area contributed by atoms with Crippen LogP contribution >= 0.6 is 0 Å². The third-order valence-corrected chi connectivity index (χ3v) is 3.02. The van der Waals surface area contributed by atoms with Crippen LogP contribution in [-0.2, 0) is 0 Å². The zero-order chi connectivity index (χ0) is 14.2. The molecule has 1 unspecified atom stereocenters. The van der Waals surface area contributed by atoms with Crippen molar-refractivity contribution >= 4 is 0 Å². The zero-order valence-corrected chi connectivity index (χ0v) is 12.1. The van der Waals surface area contributed by atoms with Crippen LogP contribution in [0.5, 0.6) is 5.75 Å². The Balaban J connectivity index is 2.28. The first-order chi connectivity index (χ1) is 9.86. The van der Waals surface area contributed by atoms with E-state index in [0.29, 0.717) is 0 Å². The fraction of sp³-hybridized carbons (Fsp3) is 0.467. The second-order valence-corrected chi connectivity index (χ2v) is 4.67. The Morgan fingerprint density at radius 2 is 2.10 bits per heavy atom. The lowest BCUT2D eigenvalue weighted by Gasteiger charge is -2.20. The maximum atomic E-state index is 5.85. The van der Waals surface area contributed by atoms with Crippen LogP contribution in [0.2, 0.25) is 0 Å². The maximum absolute atomic E-state index is 5.85. The largest absolute Gasteiger partial charge is 0.493 e. The molecule has 0 spiro atoms. The summed E-state index contributed by atoms with van der Waals surface area (Å²) in [6.45, 7) is 5.88. The molecule has 1 atom stereocenters. The van der Waals surface area contributed by atoms with E-state index in [1.165, 1.54) is 0 Å². The summed E-state index contributed by atoms with van der Waals surface area (Å²) in [7, 11) is 0. The van der Waals surface area contributed by atoms with Gasteiger partial charge >= 0.3 is 0 Å². The third-order valence-electron chi connectivity index (χ3n) is 3.02. The van der Waals surface area contributed by atoms with Crippen molar-refractivity contribution < 1.29 is 4.74 Å². The number of H-pyrrole nitrogens is 1. The summed E-state index contributed by atoms with van der Waals surface area (Å²) < 4.78 is 5.85. The van der Waals surface area contributed by atoms with Gasteiger partial charge in [-0.1, -0.05) is 32.0 Å². The molecular weight excluding hydrogens is 252 g/mol. The van der Waals surface area contributed by atoms with Gasteiger partial charge in [-0.25, -0.2) is 0 Å². The SMILES string of the molecule is CCCNC(c1cn[nH]n1)c1ccccc1OCCC. The topological polar surface area (TPSA) is 62.8 Å². The van der Waals surface area contributed by atoms with Crippen molar-refractivity contribution in [1.82, 2.24) is 20.7 Å². The Morgan fingerprint density at radius 1 is 1.25 bits per heavy atom. The van der Waals surface area contributed by atoms with Gasteiger partial charge in [-0.2, -0.15) is 15.4 Å². The minimum absolute atomic E-state index is 0.00163. The molecule has 0 bridgehead atoms. The van der Waals surface area contributed by atoms with Crippen LogP contribution in [0.4, 0.5) is 0 Å². The average molecular weight is 274 g/mol. The quantitative estimate of drug-likeness (QED) is 0.777. The number of rotatable bonds is 8. The minimum atomic E-state index is 0.00163. The first-order valence-corrected chi connectivity index (χ1v) is 7.17. The highest BCUT2D eigenvalue weighted by Crippen LogP contribution is 2.28. The molecule has 0 aliphatic carbocycles. The van der Waals surface area contributed by atoms with E-state index in [2.05, 4.69) is 40.6 Å². The first-order valence-electron chi connectivity index (χ1n) is 7.17. The molecule has 2 aromatic rings. The lowest BCUT2D eigenvalue weighted by atomic mass is 10.0. The molecule has 0 radical (unpaired) electrons. The smallest absolute Gasteiger partial charge is 0.124 e. The van der Waals surface area contributed by atoms with Gasteiger partial charge in [0.15, 0.2) is 0 Å². The number of nitrogens with zero attached hydrogens (tertiary/aromatic N) is 2. The molecule has 1 aromatic carbocycles. The third kappa shape index (κ3) is 3.57. The molecule has 0 aliphatic heterocycles. The molecule has 0 saturated heterocycles. The van der Waals surface area contributed by atoms with Crippen LogP contribution in [0.15, 0.2) is 30.5 Å². The lowest BCUT2D eigenvalue weighted by Crippen LogP contribution is -2.24. The van der Waals surface area contributed by atoms with Crippen LogP contribution in [-0.4, -0.2) is 28.6 Å². The standard InChI is InChI=1S/C15H22N4O/c1-3-9-16-15(13-11-17-19-18-13)12-7-5-6-8-14(12)20-10-4-2/h5-8,11,15-16H,3-4,9-10H2,1-2H3,(H,17,18,19). The van der Waals surface area contributed by atoms with Gasteiger partial charge < -0.3 is 10.1 Å². The summed E-state index contributed by atoms with van der Waals surface area (Å²) in [6.07, 6.45) is 3.81. The van der Waals surface area contributed by atoms with Gasteiger partial charge in [0.25, 0.3) is 0 Å². The van der Waals surface area contributed by atoms with E-state index in [4.69, 9.17) is 4.74 Å². The maximum Gasteiger partial charge on any atom is 0.124 e. The molecule has 0 amide bonds. The number of para-hydroxylation sites is 1. The number of aromatic nitrogens is 3. The highest BCUT2D eigenvalue weighted by Gasteiger charge is 2.19. The van der Waals surface area contributed by atoms with Crippen molar-refractivity contribution in [3.63, 3.8) is 0 Å². The van der Waals surface area contributed by atoms with E-state index in [9.17, 15) is 0 Å². The van der Waals surface area contributed by atoms with Gasteiger partial charge in [-0.05, 0) is 25.5 Å². The van der Waals surface area contributed by atoms with E-state index in [1.54, 1.807) is 6.20 Å². The predicted octanol–water partition coefficient (Wildman–Crippen LogP) is 2.68. The Morgan fingerprint density at radius 3 is 2.80 bits per heavy atom. The normalized spacial score (nSPS) is 12.3. The average Bonchev–Trinajstić information content (AvgIpc) is 3.01. The zero-order valence-electron chi connectivity index (χ0n) is 12.1. The van der Waals surface area contributed by atoms with E-state index >= 15 is 0 Å². The molecule has 20 heavy (non-hydrogen) atoms. The van der Waals surface area contributed by atoms with Gasteiger partial charge in [0.2, 0.25) is 0 Å². The number of ether oxygens (including phenoxy) is 1. The Labute approximate surface area is 119 Å². The van der Waals surface area contributed by atoms with E-state index in [-0.39, 0.29) is 6.04 Å². The fourth-order valence-corrected chi connectivity index (χ4v) is 2.07. The van der Waals surface area contributed by atoms with Gasteiger partial charge in [0, 0.05) is 5.56 Å². The summed E-state index contributed by atoms with van der Waals surface area (Å²) in [4.78, 5) is 0. The molecule has 0 fully saturated rings. The number of hydrogen-bond donors (Lipinski definition) is 2. The lowest BCUT2D eigenvalue weighted by molar-refractivity contribution is 0.311. The first kappa shape index (κ1) is 14.5. The van der Waals surface area contributed by atoms with Crippen molar-refractivity contribution in [3.05, 3.63) is 41.7 Å². The Kier molecular flexibility index (Phi) is 5.55. The molecule has 0 aliphatic rings. The van der Waals surface area contributed by atoms with Crippen LogP contribution in [0, 0.1) is 0 Å². The molecule has 1 aromatic heterocycles. The molecule has 108 valence electrons. The van der Waals surface area contributed by atoms with Crippen molar-refractivity contribution in [3.8, 4) is 5.75 Å². The molecule has 0 saturated carbocycles. The van der Waals surface area contributed by atoms with E-state index in [0.717, 1.165) is 43.0 Å². The van der Waals surface area contributed by atoms with Gasteiger partial charge in [-0.3, -0.25) is 0 Å². The number of benzene rings is 1. The fourth-order valence-electron chi connectivity index (χ4n) is 2.07. The molecule has 2 N–H and O–H groups in total. The van der Waals surface area contributed by atoms with Crippen molar-refractivity contribution in [2.75, 3.05) is 13.2 Å². The highest BCUT2D eigenvalue weighted by molar-refractivity contribution is 5.39. The Hall–Kier alpha value is -1.88. The molecule has 2 rings (SSSR count). The van der Waals surface area contributed by atoms with Crippen molar-refractivity contribution in [2.45, 2.75) is 32.7 Å². The molecule has 1 heterocycles. The summed E-state index contributed by atoms with van der Waals surface area (Å²) >= 11 is 0. The van der Waals surface area contributed by atoms with Gasteiger partial charge in [-0.15, -0.1) is 0 Å². The second kappa shape index (κ2) is 7.65. The summed E-state index contributed by atoms with van der Waals surface area (Å²) in [5.41, 5.74) is 1.98. The molecule has 5 nitrogen and oxygen atoms in total. The van der Waals surface area contributed by atoms with Gasteiger partial charge in [0.05, 0.1) is 18.8 Å². The molecule has 5 heteroatoms. The molecular formula is C15H22N4O. The van der Waals surface area contributed by atoms with Crippen molar-refractivity contribution in [1.29, 1.82) is 0 Å². The monoisotopic (exact) mass is 274 g/mol. The van der Waals surface area contributed by atoms with Crippen LogP contribution in [0.3, 0.4) is 0 Å². The van der Waals surface area contributed by atoms with Crippen LogP contribution in [0.1, 0.15) is 44.0 Å². The number of hydrogen-bond acceptors (Lipinski definition) is 4. The number of nitrogens with one attached hydrogen (secondary N) is 2. The number of aromatic amines is 1. The summed E-state index contributed by atoms with van der Waals surface area (Å²) in [6, 6.07) is 8.10. The van der Waals surface area contributed by atoms with Crippen molar-refractivity contribution in [2.24, 2.45) is 0 Å². The second-order valence-electron chi connectivity index (χ2n) is 4.67. The highest BCUT2D eigenvalue weighted by atomic mass is 16.5. The van der Waals surface area contributed by atoms with Gasteiger partial charge in [0.1, 0.15) is 11.4 Å². The van der Waals surface area contributed by atoms with Crippen LogP contribution < -0.4 is 10.1 Å². The van der Waals surface area contributed by atoms with E-state index < -0.39 is 0 Å². The predicted molar refractivity (Wildman–Crippen MR) is 78.7 cm³/mol. The Bertz CT molecular complexity index is 498.